The van der Waals surface area contributed by atoms with Crippen molar-refractivity contribution in [3.63, 3.8) is 0 Å². The van der Waals surface area contributed by atoms with Crippen LogP contribution in [0.15, 0.2) is 32.1 Å². The molecule has 106 valence electrons. The third-order valence-corrected chi connectivity index (χ3v) is 4.66. The Morgan fingerprint density at radius 1 is 1.35 bits per heavy atom. The molecule has 2 rings (SSSR count). The maximum atomic E-state index is 11.6. The highest BCUT2D eigenvalue weighted by Gasteiger charge is 2.08. The van der Waals surface area contributed by atoms with Gasteiger partial charge in [0.05, 0.1) is 10.2 Å². The normalized spacial score (nSPS) is 10.2. The Bertz CT molecular complexity index is 580. The van der Waals surface area contributed by atoms with Crippen LogP contribution in [-0.2, 0) is 16.1 Å². The summed E-state index contributed by atoms with van der Waals surface area (Å²) in [7, 11) is 0. The van der Waals surface area contributed by atoms with Gasteiger partial charge in [-0.25, -0.2) is 0 Å². The van der Waals surface area contributed by atoms with Gasteiger partial charge in [-0.15, -0.1) is 11.3 Å². The number of hydrogen-bond acceptors (Lipinski definition) is 5. The molecular weight excluding hydrogens is 362 g/mol. The maximum absolute atomic E-state index is 11.6. The maximum Gasteiger partial charge on any atom is 0.307 e. The second-order valence-corrected chi connectivity index (χ2v) is 7.01. The minimum Gasteiger partial charge on any atom is -0.461 e. The Labute approximate surface area is 132 Å². The first-order valence-electron chi connectivity index (χ1n) is 5.84. The van der Waals surface area contributed by atoms with Crippen molar-refractivity contribution in [3.8, 4) is 0 Å². The molecule has 1 amide bonds. The number of amides is 1. The lowest BCUT2D eigenvalue weighted by molar-refractivity contribution is -0.144. The zero-order chi connectivity index (χ0) is 14.4. The summed E-state index contributed by atoms with van der Waals surface area (Å²) in [6.07, 6.45) is 0.168. The largest absolute Gasteiger partial charge is 0.461 e. The van der Waals surface area contributed by atoms with Crippen molar-refractivity contribution in [2.75, 3.05) is 6.54 Å². The second kappa shape index (κ2) is 7.56. The Kier molecular flexibility index (Phi) is 5.75. The summed E-state index contributed by atoms with van der Waals surface area (Å²) >= 11 is 6.35. The van der Waals surface area contributed by atoms with Crippen LogP contribution in [0.4, 0.5) is 0 Å². The highest BCUT2D eigenvalue weighted by Crippen LogP contribution is 2.21. The number of thiophene rings is 2. The summed E-state index contributed by atoms with van der Waals surface area (Å²) in [6.45, 7) is 0.542. The van der Waals surface area contributed by atoms with Crippen molar-refractivity contribution in [2.45, 2.75) is 13.0 Å². The number of nitrogens with one attached hydrogen (secondary N) is 1. The molecule has 0 aliphatic rings. The number of halogens is 1. The van der Waals surface area contributed by atoms with E-state index in [9.17, 15) is 9.59 Å². The number of esters is 1. The van der Waals surface area contributed by atoms with Crippen LogP contribution in [0, 0.1) is 0 Å². The molecule has 20 heavy (non-hydrogen) atoms. The lowest BCUT2D eigenvalue weighted by Gasteiger charge is -2.05. The smallest absolute Gasteiger partial charge is 0.307 e. The molecule has 0 saturated heterocycles. The summed E-state index contributed by atoms with van der Waals surface area (Å²) in [5.74, 6) is -0.487. The van der Waals surface area contributed by atoms with Crippen LogP contribution >= 0.6 is 38.6 Å². The van der Waals surface area contributed by atoms with Gasteiger partial charge in [-0.2, -0.15) is 11.3 Å². The van der Waals surface area contributed by atoms with Gasteiger partial charge in [0.25, 0.3) is 5.91 Å². The van der Waals surface area contributed by atoms with Gasteiger partial charge < -0.3 is 10.1 Å². The first kappa shape index (κ1) is 15.2. The van der Waals surface area contributed by atoms with Gasteiger partial charge in [-0.05, 0) is 38.8 Å². The molecule has 0 aliphatic carbocycles. The van der Waals surface area contributed by atoms with E-state index < -0.39 is 0 Å². The highest BCUT2D eigenvalue weighted by molar-refractivity contribution is 9.11. The van der Waals surface area contributed by atoms with Gasteiger partial charge in [0.1, 0.15) is 6.61 Å². The van der Waals surface area contributed by atoms with Crippen LogP contribution in [0.2, 0.25) is 0 Å². The van der Waals surface area contributed by atoms with E-state index in [-0.39, 0.29) is 31.4 Å². The van der Waals surface area contributed by atoms with Crippen LogP contribution < -0.4 is 5.32 Å². The zero-order valence-electron chi connectivity index (χ0n) is 10.4. The highest BCUT2D eigenvalue weighted by atomic mass is 79.9. The molecule has 0 aliphatic heterocycles. The van der Waals surface area contributed by atoms with Crippen LogP contribution in [0.25, 0.3) is 0 Å². The molecule has 2 heterocycles. The van der Waals surface area contributed by atoms with E-state index in [1.54, 1.807) is 22.8 Å². The Morgan fingerprint density at radius 3 is 2.85 bits per heavy atom. The van der Waals surface area contributed by atoms with Gasteiger partial charge in [0.2, 0.25) is 0 Å². The van der Waals surface area contributed by atoms with Gasteiger partial charge in [-0.1, -0.05) is 0 Å². The molecule has 4 nitrogen and oxygen atoms in total. The lowest BCUT2D eigenvalue weighted by Crippen LogP contribution is -2.26. The number of ether oxygens (including phenoxy) is 1. The fourth-order valence-electron chi connectivity index (χ4n) is 1.43. The van der Waals surface area contributed by atoms with Crippen LogP contribution in [-0.4, -0.2) is 18.4 Å². The van der Waals surface area contributed by atoms with Crippen LogP contribution in [0.3, 0.4) is 0 Å². The van der Waals surface area contributed by atoms with E-state index >= 15 is 0 Å². The van der Waals surface area contributed by atoms with Crippen molar-refractivity contribution in [2.24, 2.45) is 0 Å². The molecule has 2 aromatic heterocycles. The molecule has 0 bridgehead atoms. The molecular formula is C13H12BrNO3S2. The number of rotatable bonds is 6. The fourth-order valence-corrected chi connectivity index (χ4v) is 3.26. The monoisotopic (exact) mass is 373 g/mol. The Morgan fingerprint density at radius 2 is 2.20 bits per heavy atom. The van der Waals surface area contributed by atoms with E-state index in [0.29, 0.717) is 5.56 Å². The molecule has 0 aromatic carbocycles. The predicted molar refractivity (Wildman–Crippen MR) is 83.1 cm³/mol. The van der Waals surface area contributed by atoms with Crippen molar-refractivity contribution in [3.05, 3.63) is 43.2 Å². The fraction of sp³-hybridized carbons (Fsp3) is 0.231. The van der Waals surface area contributed by atoms with E-state index in [4.69, 9.17) is 4.74 Å². The number of carbonyl (C=O) groups is 2. The Balaban J connectivity index is 1.64. The molecule has 0 fully saturated rings. The van der Waals surface area contributed by atoms with Crippen LogP contribution in [0.5, 0.6) is 0 Å². The van der Waals surface area contributed by atoms with Gasteiger partial charge in [0.15, 0.2) is 0 Å². The average Bonchev–Trinajstić information content (AvgIpc) is 3.07. The van der Waals surface area contributed by atoms with E-state index in [1.165, 1.54) is 11.3 Å². The van der Waals surface area contributed by atoms with E-state index in [2.05, 4.69) is 21.2 Å². The molecule has 1 N–H and O–H groups in total. The molecule has 2 aromatic rings. The third-order valence-electron chi connectivity index (χ3n) is 2.42. The predicted octanol–water partition coefficient (Wildman–Crippen LogP) is 3.44. The van der Waals surface area contributed by atoms with E-state index in [0.717, 1.165) is 9.35 Å². The first-order valence-corrected chi connectivity index (χ1v) is 8.45. The molecule has 0 radical (unpaired) electrons. The summed E-state index contributed by atoms with van der Waals surface area (Å²) in [5.41, 5.74) is 1.57. The molecule has 0 saturated carbocycles. The molecule has 7 heteroatoms. The van der Waals surface area contributed by atoms with Gasteiger partial charge in [-0.3, -0.25) is 9.59 Å². The SMILES string of the molecule is O=C(CCNC(=O)c1ccsc1)OCc1csc(Br)c1. The average molecular weight is 374 g/mol. The van der Waals surface area contributed by atoms with Gasteiger partial charge in [0, 0.05) is 23.1 Å². The molecule has 0 atom stereocenters. The van der Waals surface area contributed by atoms with Crippen molar-refractivity contribution >= 4 is 50.5 Å². The Hall–Kier alpha value is -1.18. The van der Waals surface area contributed by atoms with Crippen LogP contribution in [0.1, 0.15) is 22.3 Å². The summed E-state index contributed by atoms with van der Waals surface area (Å²) in [5, 5.41) is 8.21. The first-order chi connectivity index (χ1) is 9.65. The van der Waals surface area contributed by atoms with Gasteiger partial charge >= 0.3 is 5.97 Å². The third kappa shape index (κ3) is 4.73. The lowest BCUT2D eigenvalue weighted by atomic mass is 10.3. The summed E-state index contributed by atoms with van der Waals surface area (Å²) in [6, 6.07) is 3.66. The standard InChI is InChI=1S/C13H12BrNO3S2/c14-11-5-9(7-20-11)6-18-12(16)1-3-15-13(17)10-2-4-19-8-10/h2,4-5,7-8H,1,3,6H2,(H,15,17). The quantitative estimate of drug-likeness (QED) is 0.789. The summed E-state index contributed by atoms with van der Waals surface area (Å²) in [4.78, 5) is 23.1. The number of hydrogen-bond donors (Lipinski definition) is 1. The zero-order valence-corrected chi connectivity index (χ0v) is 13.6. The minimum absolute atomic E-state index is 0.166. The summed E-state index contributed by atoms with van der Waals surface area (Å²) < 4.78 is 6.12. The number of carbonyl (C=O) groups excluding carboxylic acids is 2. The van der Waals surface area contributed by atoms with Crippen molar-refractivity contribution in [1.82, 2.24) is 5.32 Å². The molecule has 0 spiro atoms. The van der Waals surface area contributed by atoms with Crippen molar-refractivity contribution in [1.29, 1.82) is 0 Å². The molecule has 0 unspecified atom stereocenters. The minimum atomic E-state index is -0.321. The topological polar surface area (TPSA) is 55.4 Å². The second-order valence-electron chi connectivity index (χ2n) is 3.94. The van der Waals surface area contributed by atoms with E-state index in [1.807, 2.05) is 16.8 Å². The van der Waals surface area contributed by atoms with Crippen molar-refractivity contribution < 1.29 is 14.3 Å².